The fourth-order valence-corrected chi connectivity index (χ4v) is 3.60. The van der Waals surface area contributed by atoms with E-state index in [9.17, 15) is 4.79 Å². The van der Waals surface area contributed by atoms with Crippen LogP contribution in [-0.2, 0) is 11.2 Å². The highest BCUT2D eigenvalue weighted by Gasteiger charge is 2.31. The van der Waals surface area contributed by atoms with E-state index < -0.39 is 0 Å². The lowest BCUT2D eigenvalue weighted by atomic mass is 9.69. The van der Waals surface area contributed by atoms with E-state index in [1.165, 1.54) is 18.4 Å². The van der Waals surface area contributed by atoms with Gasteiger partial charge in [0, 0.05) is 12.3 Å². The van der Waals surface area contributed by atoms with Gasteiger partial charge < -0.3 is 0 Å². The maximum atomic E-state index is 12.3. The molecule has 0 bridgehead atoms. The Kier molecular flexibility index (Phi) is 5.61. The van der Waals surface area contributed by atoms with E-state index in [1.54, 1.807) is 0 Å². The number of rotatable bonds is 5. The van der Waals surface area contributed by atoms with Crippen molar-refractivity contribution >= 4 is 5.78 Å². The number of aryl methyl sites for hydroxylation is 1. The summed E-state index contributed by atoms with van der Waals surface area (Å²) in [6.45, 7) is 7.00. The molecule has 0 aliphatic heterocycles. The molecule has 0 radical (unpaired) electrons. The summed E-state index contributed by atoms with van der Waals surface area (Å²) in [4.78, 5) is 12.3. The Morgan fingerprint density at radius 3 is 2.24 bits per heavy atom. The first-order chi connectivity index (χ1) is 9.97. The zero-order valence-corrected chi connectivity index (χ0v) is 13.9. The predicted octanol–water partition coefficient (Wildman–Crippen LogP) is 5.43. The number of Topliss-reactive ketones (excluding diaryl/α,β-unsaturated/α-hetero) is 1. The van der Waals surface area contributed by atoms with Crippen LogP contribution in [0.4, 0.5) is 0 Å². The fraction of sp³-hybridized carbons (Fsp3) is 0.650. The van der Waals surface area contributed by atoms with Crippen LogP contribution in [0.1, 0.15) is 64.9 Å². The smallest absolute Gasteiger partial charge is 0.135 e. The minimum atomic E-state index is 0.347. The molecular formula is C20H30O. The third-order valence-electron chi connectivity index (χ3n) is 5.14. The lowest BCUT2D eigenvalue weighted by Crippen LogP contribution is -2.28. The van der Waals surface area contributed by atoms with Gasteiger partial charge in [0.2, 0.25) is 0 Å². The van der Waals surface area contributed by atoms with Gasteiger partial charge in [-0.05, 0) is 55.4 Å². The molecule has 1 fully saturated rings. The normalized spacial score (nSPS) is 23.0. The van der Waals surface area contributed by atoms with Gasteiger partial charge in [-0.25, -0.2) is 0 Å². The van der Waals surface area contributed by atoms with Crippen LogP contribution in [-0.4, -0.2) is 5.78 Å². The molecule has 1 saturated carbocycles. The highest BCUT2D eigenvalue weighted by Crippen LogP contribution is 2.40. The van der Waals surface area contributed by atoms with Crippen molar-refractivity contribution in [3.8, 4) is 0 Å². The SMILES string of the molecule is CC(C)(C)C1CCC(C(=O)CCCc2ccccc2)CC1. The highest BCUT2D eigenvalue weighted by molar-refractivity contribution is 5.81. The molecular weight excluding hydrogens is 256 g/mol. The molecule has 21 heavy (non-hydrogen) atoms. The zero-order valence-electron chi connectivity index (χ0n) is 13.9. The number of carbonyl (C=O) groups is 1. The largest absolute Gasteiger partial charge is 0.299 e. The van der Waals surface area contributed by atoms with Gasteiger partial charge in [-0.15, -0.1) is 0 Å². The molecule has 0 N–H and O–H groups in total. The number of hydrogen-bond acceptors (Lipinski definition) is 1. The molecule has 1 aliphatic rings. The van der Waals surface area contributed by atoms with Crippen molar-refractivity contribution in [2.45, 2.75) is 65.7 Å². The summed E-state index contributed by atoms with van der Waals surface area (Å²) in [7, 11) is 0. The van der Waals surface area contributed by atoms with Crippen LogP contribution < -0.4 is 0 Å². The van der Waals surface area contributed by atoms with Gasteiger partial charge in [-0.2, -0.15) is 0 Å². The van der Waals surface area contributed by atoms with Crippen molar-refractivity contribution in [3.05, 3.63) is 35.9 Å². The standard InChI is InChI=1S/C20H30O/c1-20(2,3)18-14-12-17(13-15-18)19(21)11-7-10-16-8-5-4-6-9-16/h4-6,8-9,17-18H,7,10-15H2,1-3H3. The molecule has 0 spiro atoms. The first-order valence-electron chi connectivity index (χ1n) is 8.53. The average molecular weight is 286 g/mol. The maximum absolute atomic E-state index is 12.3. The molecule has 0 heterocycles. The van der Waals surface area contributed by atoms with Crippen molar-refractivity contribution in [2.75, 3.05) is 0 Å². The summed E-state index contributed by atoms with van der Waals surface area (Å²) in [5, 5.41) is 0. The zero-order chi connectivity index (χ0) is 15.3. The molecule has 0 unspecified atom stereocenters. The summed E-state index contributed by atoms with van der Waals surface area (Å²) in [5.74, 6) is 1.66. The first-order valence-corrected chi connectivity index (χ1v) is 8.53. The number of benzene rings is 1. The average Bonchev–Trinajstić information content (AvgIpc) is 2.47. The second-order valence-corrected chi connectivity index (χ2v) is 7.72. The number of carbonyl (C=O) groups excluding carboxylic acids is 1. The lowest BCUT2D eigenvalue weighted by molar-refractivity contribution is -0.124. The van der Waals surface area contributed by atoms with Crippen LogP contribution in [0.5, 0.6) is 0 Å². The number of hydrogen-bond donors (Lipinski definition) is 0. The van der Waals surface area contributed by atoms with Crippen LogP contribution in [0.3, 0.4) is 0 Å². The maximum Gasteiger partial charge on any atom is 0.135 e. The molecule has 1 aliphatic carbocycles. The molecule has 0 amide bonds. The highest BCUT2D eigenvalue weighted by atomic mass is 16.1. The lowest BCUT2D eigenvalue weighted by Gasteiger charge is -2.36. The topological polar surface area (TPSA) is 17.1 Å². The summed E-state index contributed by atoms with van der Waals surface area (Å²) >= 11 is 0. The minimum Gasteiger partial charge on any atom is -0.299 e. The minimum absolute atomic E-state index is 0.347. The van der Waals surface area contributed by atoms with E-state index in [0.717, 1.165) is 38.0 Å². The van der Waals surface area contributed by atoms with Crippen LogP contribution in [0.2, 0.25) is 0 Å². The third kappa shape index (κ3) is 4.98. The van der Waals surface area contributed by atoms with Crippen molar-refractivity contribution in [1.82, 2.24) is 0 Å². The third-order valence-corrected chi connectivity index (χ3v) is 5.14. The molecule has 1 aromatic rings. The molecule has 0 saturated heterocycles. The fourth-order valence-electron chi connectivity index (χ4n) is 3.60. The Morgan fingerprint density at radius 2 is 1.67 bits per heavy atom. The van der Waals surface area contributed by atoms with Gasteiger partial charge in [0.1, 0.15) is 5.78 Å². The van der Waals surface area contributed by atoms with Crippen LogP contribution in [0.25, 0.3) is 0 Å². The van der Waals surface area contributed by atoms with E-state index >= 15 is 0 Å². The molecule has 0 aromatic heterocycles. The van der Waals surface area contributed by atoms with E-state index in [0.29, 0.717) is 17.1 Å². The molecule has 1 aromatic carbocycles. The van der Waals surface area contributed by atoms with E-state index in [1.807, 2.05) is 6.07 Å². The van der Waals surface area contributed by atoms with Gasteiger partial charge in [0.15, 0.2) is 0 Å². The second kappa shape index (κ2) is 7.24. The van der Waals surface area contributed by atoms with Crippen molar-refractivity contribution in [2.24, 2.45) is 17.3 Å². The Morgan fingerprint density at radius 1 is 1.05 bits per heavy atom. The Balaban J connectivity index is 1.70. The summed E-state index contributed by atoms with van der Waals surface area (Å²) in [6.07, 6.45) is 7.50. The van der Waals surface area contributed by atoms with Gasteiger partial charge >= 0.3 is 0 Å². The van der Waals surface area contributed by atoms with E-state index in [2.05, 4.69) is 45.0 Å². The predicted molar refractivity (Wildman–Crippen MR) is 89.3 cm³/mol. The monoisotopic (exact) mass is 286 g/mol. The summed E-state index contributed by atoms with van der Waals surface area (Å²) in [6, 6.07) is 10.5. The van der Waals surface area contributed by atoms with Crippen LogP contribution in [0.15, 0.2) is 30.3 Å². The molecule has 116 valence electrons. The molecule has 0 atom stereocenters. The second-order valence-electron chi connectivity index (χ2n) is 7.72. The van der Waals surface area contributed by atoms with Crippen molar-refractivity contribution in [1.29, 1.82) is 0 Å². The van der Waals surface area contributed by atoms with Gasteiger partial charge in [0.25, 0.3) is 0 Å². The number of ketones is 1. The first kappa shape index (κ1) is 16.3. The molecule has 1 nitrogen and oxygen atoms in total. The van der Waals surface area contributed by atoms with E-state index in [-0.39, 0.29) is 0 Å². The van der Waals surface area contributed by atoms with Gasteiger partial charge in [-0.3, -0.25) is 4.79 Å². The Hall–Kier alpha value is -1.11. The Labute approximate surface area is 130 Å². The van der Waals surface area contributed by atoms with Crippen molar-refractivity contribution < 1.29 is 4.79 Å². The Bertz CT molecular complexity index is 433. The summed E-state index contributed by atoms with van der Waals surface area (Å²) in [5.41, 5.74) is 1.75. The molecule has 1 heteroatoms. The van der Waals surface area contributed by atoms with Gasteiger partial charge in [-0.1, -0.05) is 51.1 Å². The molecule has 2 rings (SSSR count). The summed E-state index contributed by atoms with van der Waals surface area (Å²) < 4.78 is 0. The van der Waals surface area contributed by atoms with E-state index in [4.69, 9.17) is 0 Å². The quantitative estimate of drug-likeness (QED) is 0.705. The van der Waals surface area contributed by atoms with Gasteiger partial charge in [0.05, 0.1) is 0 Å². The van der Waals surface area contributed by atoms with Crippen LogP contribution in [0, 0.1) is 17.3 Å². The van der Waals surface area contributed by atoms with Crippen molar-refractivity contribution in [3.63, 3.8) is 0 Å². The van der Waals surface area contributed by atoms with Crippen LogP contribution >= 0.6 is 0 Å².